The second-order valence-electron chi connectivity index (χ2n) is 3.92. The number of nitrogens with zero attached hydrogens (tertiary/aromatic N) is 1. The molecule has 6 nitrogen and oxygen atoms in total. The number of guanidine groups is 1. The second kappa shape index (κ2) is 4.84. The van der Waals surface area contributed by atoms with Gasteiger partial charge in [0.1, 0.15) is 0 Å². The largest absolute Gasteiger partial charge is 0.366 e. The number of anilines is 1. The minimum atomic E-state index is -0.444. The molecule has 1 amide bonds. The quantitative estimate of drug-likeness (QED) is 0.258. The molecule has 0 aliphatic heterocycles. The molecule has 0 unspecified atom stereocenters. The third-order valence-corrected chi connectivity index (χ3v) is 2.43. The number of amides is 1. The molecular formula is C11H15N5O. The normalized spacial score (nSPS) is 15.5. The fourth-order valence-electron chi connectivity index (χ4n) is 1.35. The molecule has 6 N–H and O–H groups in total. The lowest BCUT2D eigenvalue weighted by Gasteiger charge is -2.09. The molecule has 1 fully saturated rings. The molecule has 6 heteroatoms. The number of hydrazine groups is 1. The van der Waals surface area contributed by atoms with E-state index in [2.05, 4.69) is 15.7 Å². The van der Waals surface area contributed by atoms with Gasteiger partial charge in [0.05, 0.1) is 6.04 Å². The van der Waals surface area contributed by atoms with Crippen LogP contribution >= 0.6 is 0 Å². The molecule has 0 atom stereocenters. The molecule has 0 aromatic heterocycles. The van der Waals surface area contributed by atoms with Crippen molar-refractivity contribution in [2.45, 2.75) is 18.9 Å². The van der Waals surface area contributed by atoms with Crippen LogP contribution < -0.4 is 22.3 Å². The minimum Gasteiger partial charge on any atom is -0.366 e. The number of benzene rings is 1. The Labute approximate surface area is 99.1 Å². The lowest BCUT2D eigenvalue weighted by atomic mass is 10.2. The zero-order valence-corrected chi connectivity index (χ0v) is 9.31. The van der Waals surface area contributed by atoms with Crippen molar-refractivity contribution in [3.8, 4) is 0 Å². The zero-order valence-electron chi connectivity index (χ0n) is 9.31. The van der Waals surface area contributed by atoms with Crippen molar-refractivity contribution in [2.24, 2.45) is 16.6 Å². The molecule has 0 saturated heterocycles. The number of rotatable bonds is 3. The first-order valence-corrected chi connectivity index (χ1v) is 5.40. The van der Waals surface area contributed by atoms with Gasteiger partial charge in [-0.3, -0.25) is 10.2 Å². The number of nitrogens with two attached hydrogens (primary N) is 2. The van der Waals surface area contributed by atoms with Crippen LogP contribution in [-0.4, -0.2) is 17.9 Å². The van der Waals surface area contributed by atoms with Gasteiger partial charge in [-0.25, -0.2) is 10.8 Å². The molecule has 0 radical (unpaired) electrons. The summed E-state index contributed by atoms with van der Waals surface area (Å²) in [6.07, 6.45) is 2.21. The predicted octanol–water partition coefficient (Wildman–Crippen LogP) is 0.179. The average molecular weight is 233 g/mol. The maximum Gasteiger partial charge on any atom is 0.248 e. The zero-order chi connectivity index (χ0) is 12.3. The lowest BCUT2D eigenvalue weighted by molar-refractivity contribution is 0.100. The van der Waals surface area contributed by atoms with Crippen LogP contribution in [0.25, 0.3) is 0 Å². The molecule has 1 aromatic rings. The number of nitrogens with one attached hydrogen (secondary N) is 2. The van der Waals surface area contributed by atoms with E-state index >= 15 is 0 Å². The summed E-state index contributed by atoms with van der Waals surface area (Å²) in [7, 11) is 0. The third kappa shape index (κ3) is 3.18. The highest BCUT2D eigenvalue weighted by molar-refractivity contribution is 5.95. The van der Waals surface area contributed by atoms with Crippen LogP contribution in [0.5, 0.6) is 0 Å². The Morgan fingerprint density at radius 3 is 2.41 bits per heavy atom. The van der Waals surface area contributed by atoms with Crippen molar-refractivity contribution in [1.82, 2.24) is 5.43 Å². The topological polar surface area (TPSA) is 106 Å². The van der Waals surface area contributed by atoms with Gasteiger partial charge in [-0.1, -0.05) is 0 Å². The Morgan fingerprint density at radius 2 is 1.94 bits per heavy atom. The molecule has 90 valence electrons. The average Bonchev–Trinajstić information content (AvgIpc) is 3.13. The number of hydrogen-bond donors (Lipinski definition) is 4. The fourth-order valence-corrected chi connectivity index (χ4v) is 1.35. The van der Waals surface area contributed by atoms with Crippen molar-refractivity contribution < 1.29 is 4.79 Å². The van der Waals surface area contributed by atoms with E-state index in [1.807, 2.05) is 0 Å². The van der Waals surface area contributed by atoms with Crippen LogP contribution in [-0.2, 0) is 0 Å². The number of primary amides is 1. The summed E-state index contributed by atoms with van der Waals surface area (Å²) in [6, 6.07) is 7.17. The molecule has 0 heterocycles. The number of aliphatic imine (C=N–C) groups is 1. The molecule has 1 aliphatic rings. The Hall–Kier alpha value is -2.08. The SMILES string of the molecule is NNC(=NC1CC1)Nc1ccc(C(N)=O)cc1. The van der Waals surface area contributed by atoms with Gasteiger partial charge in [0, 0.05) is 11.3 Å². The number of hydrogen-bond acceptors (Lipinski definition) is 3. The van der Waals surface area contributed by atoms with Gasteiger partial charge < -0.3 is 11.1 Å². The van der Waals surface area contributed by atoms with E-state index < -0.39 is 5.91 Å². The first kappa shape index (κ1) is 11.4. The molecule has 2 rings (SSSR count). The van der Waals surface area contributed by atoms with Gasteiger partial charge in [0.15, 0.2) is 0 Å². The van der Waals surface area contributed by atoms with E-state index in [-0.39, 0.29) is 0 Å². The van der Waals surface area contributed by atoms with E-state index in [1.165, 1.54) is 0 Å². The maximum absolute atomic E-state index is 10.9. The van der Waals surface area contributed by atoms with Gasteiger partial charge >= 0.3 is 0 Å². The highest BCUT2D eigenvalue weighted by atomic mass is 16.1. The van der Waals surface area contributed by atoms with Crippen LogP contribution in [0.15, 0.2) is 29.3 Å². The van der Waals surface area contributed by atoms with E-state index in [9.17, 15) is 4.79 Å². The highest BCUT2D eigenvalue weighted by Crippen LogP contribution is 2.23. The molecule has 1 aromatic carbocycles. The van der Waals surface area contributed by atoms with Crippen molar-refractivity contribution in [3.63, 3.8) is 0 Å². The van der Waals surface area contributed by atoms with E-state index in [0.29, 0.717) is 17.6 Å². The summed E-state index contributed by atoms with van der Waals surface area (Å²) < 4.78 is 0. The lowest BCUT2D eigenvalue weighted by Crippen LogP contribution is -2.36. The maximum atomic E-state index is 10.9. The Kier molecular flexibility index (Phi) is 3.24. The summed E-state index contributed by atoms with van der Waals surface area (Å²) in [5.74, 6) is 5.44. The molecule has 1 saturated carbocycles. The van der Waals surface area contributed by atoms with Gasteiger partial charge in [0.2, 0.25) is 11.9 Å². The highest BCUT2D eigenvalue weighted by Gasteiger charge is 2.20. The van der Waals surface area contributed by atoms with Gasteiger partial charge in [-0.15, -0.1) is 0 Å². The van der Waals surface area contributed by atoms with E-state index in [4.69, 9.17) is 11.6 Å². The molecule has 17 heavy (non-hydrogen) atoms. The number of carbonyl (C=O) groups excluding carboxylic acids is 1. The first-order chi connectivity index (χ1) is 8.19. The van der Waals surface area contributed by atoms with Crippen LogP contribution in [0.4, 0.5) is 5.69 Å². The molecule has 0 spiro atoms. The van der Waals surface area contributed by atoms with Crippen LogP contribution in [0.2, 0.25) is 0 Å². The van der Waals surface area contributed by atoms with Crippen LogP contribution in [0, 0.1) is 0 Å². The molecule has 0 bridgehead atoms. The summed E-state index contributed by atoms with van der Waals surface area (Å²) >= 11 is 0. The second-order valence-corrected chi connectivity index (χ2v) is 3.92. The Bertz CT molecular complexity index is 436. The summed E-state index contributed by atoms with van der Waals surface area (Å²) in [6.45, 7) is 0. The molecular weight excluding hydrogens is 218 g/mol. The van der Waals surface area contributed by atoms with Gasteiger partial charge in [-0.2, -0.15) is 0 Å². The van der Waals surface area contributed by atoms with Crippen LogP contribution in [0.1, 0.15) is 23.2 Å². The smallest absolute Gasteiger partial charge is 0.248 e. The first-order valence-electron chi connectivity index (χ1n) is 5.40. The third-order valence-electron chi connectivity index (χ3n) is 2.43. The standard InChI is InChI=1S/C11H15N5O/c12-10(17)7-1-3-8(4-2-7)14-11(16-13)15-9-5-6-9/h1-4,9H,5-6,13H2,(H2,12,17)(H2,14,15,16). The fraction of sp³-hybridized carbons (Fsp3) is 0.273. The molecule has 1 aliphatic carbocycles. The Morgan fingerprint density at radius 1 is 1.29 bits per heavy atom. The van der Waals surface area contributed by atoms with Crippen molar-refractivity contribution in [1.29, 1.82) is 0 Å². The van der Waals surface area contributed by atoms with Crippen LogP contribution in [0.3, 0.4) is 0 Å². The summed E-state index contributed by atoms with van der Waals surface area (Å²) in [5.41, 5.74) is 8.92. The number of carbonyl (C=O) groups is 1. The van der Waals surface area contributed by atoms with Gasteiger partial charge in [-0.05, 0) is 37.1 Å². The minimum absolute atomic E-state index is 0.374. The monoisotopic (exact) mass is 233 g/mol. The predicted molar refractivity (Wildman–Crippen MR) is 66.4 cm³/mol. The summed E-state index contributed by atoms with van der Waals surface area (Å²) in [5, 5.41) is 3.03. The van der Waals surface area contributed by atoms with Crippen molar-refractivity contribution >= 4 is 17.6 Å². The Balaban J connectivity index is 2.04. The van der Waals surface area contributed by atoms with Gasteiger partial charge in [0.25, 0.3) is 0 Å². The van der Waals surface area contributed by atoms with Crippen molar-refractivity contribution in [3.05, 3.63) is 29.8 Å². The van der Waals surface area contributed by atoms with E-state index in [0.717, 1.165) is 18.5 Å². The summed E-state index contributed by atoms with van der Waals surface area (Å²) in [4.78, 5) is 15.2. The van der Waals surface area contributed by atoms with Crippen molar-refractivity contribution in [2.75, 3.05) is 5.32 Å². The van der Waals surface area contributed by atoms with E-state index in [1.54, 1.807) is 24.3 Å².